The zero-order chi connectivity index (χ0) is 15.2. The smallest absolute Gasteiger partial charge is 0.305 e. The summed E-state index contributed by atoms with van der Waals surface area (Å²) >= 11 is 0. The van der Waals surface area contributed by atoms with E-state index in [1.807, 2.05) is 0 Å². The molecular formula is C15H19FN2O3. The van der Waals surface area contributed by atoms with Crippen LogP contribution in [0.5, 0.6) is 0 Å². The van der Waals surface area contributed by atoms with Gasteiger partial charge in [0, 0.05) is 17.7 Å². The van der Waals surface area contributed by atoms with Crippen LogP contribution in [0.4, 0.5) is 10.1 Å². The molecule has 0 radical (unpaired) electrons. The van der Waals surface area contributed by atoms with E-state index < -0.39 is 16.4 Å². The molecule has 1 aliphatic rings. The Kier molecular flexibility index (Phi) is 5.25. The quantitative estimate of drug-likeness (QED) is 0.684. The van der Waals surface area contributed by atoms with E-state index in [-0.39, 0.29) is 17.5 Å². The van der Waals surface area contributed by atoms with E-state index in [1.54, 1.807) is 0 Å². The number of amides is 1. The molecule has 1 aromatic rings. The number of rotatable bonds is 3. The highest BCUT2D eigenvalue weighted by Gasteiger charge is 2.19. The average Bonchev–Trinajstić information content (AvgIpc) is 2.41. The fraction of sp³-hybridized carbons (Fsp3) is 0.533. The summed E-state index contributed by atoms with van der Waals surface area (Å²) in [6.07, 6.45) is 7.60. The maximum atomic E-state index is 13.3. The Morgan fingerprint density at radius 1 is 1.19 bits per heavy atom. The molecule has 0 spiro atoms. The highest BCUT2D eigenvalue weighted by Crippen LogP contribution is 2.20. The lowest BCUT2D eigenvalue weighted by Crippen LogP contribution is -2.35. The summed E-state index contributed by atoms with van der Waals surface area (Å²) in [6, 6.07) is 3.33. The van der Waals surface area contributed by atoms with Crippen molar-refractivity contribution in [2.75, 3.05) is 0 Å². The van der Waals surface area contributed by atoms with Crippen LogP contribution in [0.25, 0.3) is 0 Å². The van der Waals surface area contributed by atoms with Crippen LogP contribution in [0.1, 0.15) is 55.3 Å². The van der Waals surface area contributed by atoms with Crippen LogP contribution < -0.4 is 5.32 Å². The number of carbonyl (C=O) groups excluding carboxylic acids is 1. The number of carbonyl (C=O) groups is 1. The molecule has 1 amide bonds. The van der Waals surface area contributed by atoms with Gasteiger partial charge in [-0.3, -0.25) is 14.9 Å². The molecule has 0 aliphatic heterocycles. The fourth-order valence-electron chi connectivity index (χ4n) is 2.66. The fourth-order valence-corrected chi connectivity index (χ4v) is 2.66. The molecule has 6 heteroatoms. The van der Waals surface area contributed by atoms with Gasteiger partial charge in [0.1, 0.15) is 0 Å². The second kappa shape index (κ2) is 7.15. The molecule has 0 heterocycles. The lowest BCUT2D eigenvalue weighted by Gasteiger charge is -2.21. The summed E-state index contributed by atoms with van der Waals surface area (Å²) in [5.41, 5.74) is -0.537. The van der Waals surface area contributed by atoms with Gasteiger partial charge in [0.05, 0.1) is 4.92 Å². The Morgan fingerprint density at radius 3 is 2.43 bits per heavy atom. The van der Waals surface area contributed by atoms with E-state index in [1.165, 1.54) is 25.3 Å². The Morgan fingerprint density at radius 2 is 1.81 bits per heavy atom. The van der Waals surface area contributed by atoms with Crippen molar-refractivity contribution in [1.29, 1.82) is 0 Å². The van der Waals surface area contributed by atoms with Crippen LogP contribution in [-0.4, -0.2) is 16.9 Å². The van der Waals surface area contributed by atoms with E-state index in [9.17, 15) is 19.3 Å². The minimum absolute atomic E-state index is 0.0990. The van der Waals surface area contributed by atoms with Gasteiger partial charge in [0.25, 0.3) is 5.91 Å². The summed E-state index contributed by atoms with van der Waals surface area (Å²) in [7, 11) is 0. The Labute approximate surface area is 122 Å². The summed E-state index contributed by atoms with van der Waals surface area (Å²) < 4.78 is 13.3. The van der Waals surface area contributed by atoms with Crippen molar-refractivity contribution in [3.8, 4) is 0 Å². The van der Waals surface area contributed by atoms with Gasteiger partial charge in [0.15, 0.2) is 0 Å². The molecule has 1 aromatic carbocycles. The van der Waals surface area contributed by atoms with Gasteiger partial charge in [0.2, 0.25) is 5.82 Å². The third kappa shape index (κ3) is 4.24. The van der Waals surface area contributed by atoms with E-state index in [2.05, 4.69) is 5.32 Å². The Balaban J connectivity index is 2.05. The van der Waals surface area contributed by atoms with Crippen molar-refractivity contribution >= 4 is 11.6 Å². The second-order valence-corrected chi connectivity index (χ2v) is 5.44. The van der Waals surface area contributed by atoms with Crippen molar-refractivity contribution in [3.05, 3.63) is 39.7 Å². The molecule has 0 saturated heterocycles. The number of nitro groups is 1. The maximum Gasteiger partial charge on any atom is 0.305 e. The Hall–Kier alpha value is -1.98. The van der Waals surface area contributed by atoms with E-state index in [0.717, 1.165) is 37.8 Å². The van der Waals surface area contributed by atoms with Gasteiger partial charge in [-0.25, -0.2) is 0 Å². The van der Waals surface area contributed by atoms with E-state index in [4.69, 9.17) is 0 Å². The number of benzene rings is 1. The van der Waals surface area contributed by atoms with E-state index >= 15 is 0 Å². The highest BCUT2D eigenvalue weighted by atomic mass is 19.1. The predicted octanol–water partition coefficient (Wildman–Crippen LogP) is 3.58. The molecule has 1 fully saturated rings. The number of halogens is 1. The summed E-state index contributed by atoms with van der Waals surface area (Å²) in [5.74, 6) is -1.30. The van der Waals surface area contributed by atoms with Crippen molar-refractivity contribution in [2.24, 2.45) is 0 Å². The van der Waals surface area contributed by atoms with Crippen LogP contribution in [-0.2, 0) is 0 Å². The zero-order valence-electron chi connectivity index (χ0n) is 11.8. The van der Waals surface area contributed by atoms with Crippen molar-refractivity contribution in [1.82, 2.24) is 5.32 Å². The molecule has 2 rings (SSSR count). The topological polar surface area (TPSA) is 72.2 Å². The number of nitro benzene ring substituents is 1. The molecule has 0 atom stereocenters. The van der Waals surface area contributed by atoms with Gasteiger partial charge in [-0.05, 0) is 25.0 Å². The minimum Gasteiger partial charge on any atom is -0.349 e. The van der Waals surface area contributed by atoms with Gasteiger partial charge in [-0.1, -0.05) is 32.1 Å². The first-order valence-corrected chi connectivity index (χ1v) is 7.33. The van der Waals surface area contributed by atoms with Crippen LogP contribution in [0.3, 0.4) is 0 Å². The lowest BCUT2D eigenvalue weighted by molar-refractivity contribution is -0.387. The number of nitrogens with one attached hydrogen (secondary N) is 1. The molecule has 1 N–H and O–H groups in total. The minimum atomic E-state index is -0.928. The predicted molar refractivity (Wildman–Crippen MR) is 76.6 cm³/mol. The molecule has 0 bridgehead atoms. The van der Waals surface area contributed by atoms with Crippen molar-refractivity contribution < 1.29 is 14.1 Å². The SMILES string of the molecule is O=C(NC1CCCCCCC1)c1ccc(F)c([N+](=O)[O-])c1. The monoisotopic (exact) mass is 294 g/mol. The van der Waals surface area contributed by atoms with Gasteiger partial charge in [-0.15, -0.1) is 0 Å². The third-order valence-corrected chi connectivity index (χ3v) is 3.85. The Bertz CT molecular complexity index is 526. The largest absolute Gasteiger partial charge is 0.349 e. The summed E-state index contributed by atoms with van der Waals surface area (Å²) in [4.78, 5) is 22.0. The number of nitrogens with zero attached hydrogens (tertiary/aromatic N) is 1. The van der Waals surface area contributed by atoms with Crippen LogP contribution in [0.2, 0.25) is 0 Å². The van der Waals surface area contributed by atoms with Gasteiger partial charge >= 0.3 is 5.69 Å². The molecule has 21 heavy (non-hydrogen) atoms. The van der Waals surface area contributed by atoms with Gasteiger partial charge in [-0.2, -0.15) is 4.39 Å². The van der Waals surface area contributed by atoms with Gasteiger partial charge < -0.3 is 5.32 Å². The van der Waals surface area contributed by atoms with Crippen molar-refractivity contribution in [3.63, 3.8) is 0 Å². The summed E-state index contributed by atoms with van der Waals surface area (Å²) in [5, 5.41) is 13.6. The van der Waals surface area contributed by atoms with Crippen molar-refractivity contribution in [2.45, 2.75) is 51.0 Å². The molecule has 1 saturated carbocycles. The lowest BCUT2D eigenvalue weighted by atomic mass is 9.96. The first kappa shape index (κ1) is 15.4. The van der Waals surface area contributed by atoms with Crippen LogP contribution in [0, 0.1) is 15.9 Å². The average molecular weight is 294 g/mol. The zero-order valence-corrected chi connectivity index (χ0v) is 11.8. The summed E-state index contributed by atoms with van der Waals surface area (Å²) in [6.45, 7) is 0. The maximum absolute atomic E-state index is 13.3. The number of hydrogen-bond donors (Lipinski definition) is 1. The second-order valence-electron chi connectivity index (χ2n) is 5.44. The molecule has 5 nitrogen and oxygen atoms in total. The van der Waals surface area contributed by atoms with Crippen LogP contribution >= 0.6 is 0 Å². The third-order valence-electron chi connectivity index (χ3n) is 3.85. The normalized spacial score (nSPS) is 16.8. The van der Waals surface area contributed by atoms with E-state index in [0.29, 0.717) is 0 Å². The van der Waals surface area contributed by atoms with Crippen LogP contribution in [0.15, 0.2) is 18.2 Å². The highest BCUT2D eigenvalue weighted by molar-refractivity contribution is 5.95. The first-order valence-electron chi connectivity index (χ1n) is 7.33. The standard InChI is InChI=1S/C15H19FN2O3/c16-13-9-8-11(10-14(13)18(20)21)15(19)17-12-6-4-2-1-3-5-7-12/h8-10,12H,1-7H2,(H,17,19). The number of hydrogen-bond acceptors (Lipinski definition) is 3. The molecule has 114 valence electrons. The molecule has 0 aromatic heterocycles. The molecule has 1 aliphatic carbocycles. The molecule has 0 unspecified atom stereocenters. The first-order chi connectivity index (χ1) is 10.1. The molecular weight excluding hydrogens is 275 g/mol.